The van der Waals surface area contributed by atoms with Gasteiger partial charge in [-0.05, 0) is 42.3 Å². The van der Waals surface area contributed by atoms with Crippen molar-refractivity contribution in [3.8, 4) is 17.2 Å². The molecule has 3 nitrogen and oxygen atoms in total. The summed E-state index contributed by atoms with van der Waals surface area (Å²) in [5.74, 6) is -0.0170. The lowest BCUT2D eigenvalue weighted by molar-refractivity contribution is 0.544. The molecule has 3 rings (SSSR count). The second kappa shape index (κ2) is 6.47. The minimum absolute atomic E-state index is 0.250. The molecule has 0 bridgehead atoms. The first-order chi connectivity index (χ1) is 11.6. The van der Waals surface area contributed by atoms with Crippen molar-refractivity contribution in [2.24, 2.45) is 4.99 Å². The monoisotopic (exact) mass is 322 g/mol. The maximum absolute atomic E-state index is 13.1. The van der Waals surface area contributed by atoms with Gasteiger partial charge in [0.05, 0.1) is 5.56 Å². The zero-order valence-corrected chi connectivity index (χ0v) is 12.8. The number of nitrogens with zero attached hydrogens (tertiary/aromatic N) is 2. The molecule has 0 aliphatic heterocycles. The van der Waals surface area contributed by atoms with Crippen LogP contribution in [0.2, 0.25) is 0 Å². The van der Waals surface area contributed by atoms with E-state index in [-0.39, 0.29) is 17.5 Å². The number of aliphatic imine (C=N–C) groups is 1. The molecule has 2 aromatic carbocycles. The van der Waals surface area contributed by atoms with Crippen molar-refractivity contribution in [3.63, 3.8) is 0 Å². The molecule has 0 spiro atoms. The van der Waals surface area contributed by atoms with E-state index < -0.39 is 0 Å². The molecule has 0 atom stereocenters. The first kappa shape index (κ1) is 15.6. The highest BCUT2D eigenvalue weighted by Gasteiger charge is 2.19. The summed E-state index contributed by atoms with van der Waals surface area (Å²) in [6.07, 6.45) is 1.52. The van der Waals surface area contributed by atoms with Crippen LogP contribution in [0.25, 0.3) is 11.1 Å². The van der Waals surface area contributed by atoms with Gasteiger partial charge in [0.1, 0.15) is 29.0 Å². The third-order valence-electron chi connectivity index (χ3n) is 3.51. The Bertz CT molecular complexity index is 933. The summed E-state index contributed by atoms with van der Waals surface area (Å²) in [4.78, 5) is 4.28. The molecular weight excluding hydrogens is 310 g/mol. The van der Waals surface area contributed by atoms with Gasteiger partial charge in [0, 0.05) is 6.21 Å². The third kappa shape index (κ3) is 3.08. The summed E-state index contributed by atoms with van der Waals surface area (Å²) in [6, 6.07) is 13.7. The Kier molecular flexibility index (Phi) is 4.21. The molecule has 118 valence electrons. The Morgan fingerprint density at radius 1 is 1.00 bits per heavy atom. The summed E-state index contributed by atoms with van der Waals surface area (Å²) < 4.78 is 31.7. The average Bonchev–Trinajstić information content (AvgIpc) is 2.90. The van der Waals surface area contributed by atoms with Gasteiger partial charge < -0.3 is 4.42 Å². The molecule has 0 N–H and O–H groups in total. The number of rotatable bonds is 3. The van der Waals surface area contributed by atoms with Crippen LogP contribution < -0.4 is 0 Å². The number of aryl methyl sites for hydroxylation is 1. The van der Waals surface area contributed by atoms with Crippen LogP contribution in [0.4, 0.5) is 14.7 Å². The quantitative estimate of drug-likeness (QED) is 0.626. The summed E-state index contributed by atoms with van der Waals surface area (Å²) in [5.41, 5.74) is 2.19. The fourth-order valence-corrected chi connectivity index (χ4v) is 2.32. The summed E-state index contributed by atoms with van der Waals surface area (Å²) >= 11 is 0. The lowest BCUT2D eigenvalue weighted by Gasteiger charge is -2.00. The molecular formula is C19H12F2N2O. The molecule has 3 aromatic rings. The standard InChI is InChI=1S/C19H12F2N2O/c1-12-17(10-22)18(14-4-8-16(21)9-5-14)19(24-12)23-11-13-2-6-15(20)7-3-13/h2-9,11H,1H3. The average molecular weight is 322 g/mol. The second-order valence-electron chi connectivity index (χ2n) is 5.14. The van der Waals surface area contributed by atoms with Crippen molar-refractivity contribution in [1.29, 1.82) is 5.26 Å². The number of hydrogen-bond acceptors (Lipinski definition) is 3. The van der Waals surface area contributed by atoms with Gasteiger partial charge in [-0.15, -0.1) is 0 Å². The van der Waals surface area contributed by atoms with Crippen molar-refractivity contribution >= 4 is 12.1 Å². The highest BCUT2D eigenvalue weighted by Crippen LogP contribution is 2.37. The smallest absolute Gasteiger partial charge is 0.228 e. The highest BCUT2D eigenvalue weighted by atomic mass is 19.1. The van der Waals surface area contributed by atoms with Crippen LogP contribution in [0.1, 0.15) is 16.9 Å². The Balaban J connectivity index is 2.06. The number of halogens is 2. The molecule has 0 aliphatic carbocycles. The minimum Gasteiger partial charge on any atom is -0.442 e. The first-order valence-electron chi connectivity index (χ1n) is 7.17. The number of nitriles is 1. The van der Waals surface area contributed by atoms with Crippen molar-refractivity contribution in [1.82, 2.24) is 0 Å². The van der Waals surface area contributed by atoms with E-state index in [0.29, 0.717) is 28.0 Å². The van der Waals surface area contributed by atoms with Gasteiger partial charge in [0.25, 0.3) is 0 Å². The molecule has 0 aliphatic rings. The summed E-state index contributed by atoms with van der Waals surface area (Å²) in [6.45, 7) is 1.67. The van der Waals surface area contributed by atoms with Crippen LogP contribution in [0.5, 0.6) is 0 Å². The number of hydrogen-bond donors (Lipinski definition) is 0. The van der Waals surface area contributed by atoms with Gasteiger partial charge in [0.15, 0.2) is 0 Å². The van der Waals surface area contributed by atoms with E-state index >= 15 is 0 Å². The predicted molar refractivity (Wildman–Crippen MR) is 87.2 cm³/mol. The number of benzene rings is 2. The molecule has 1 heterocycles. The Hall–Kier alpha value is -3.26. The fourth-order valence-electron chi connectivity index (χ4n) is 2.32. The van der Waals surface area contributed by atoms with Crippen molar-refractivity contribution in [2.75, 3.05) is 0 Å². The normalized spacial score (nSPS) is 10.9. The van der Waals surface area contributed by atoms with Gasteiger partial charge in [0.2, 0.25) is 5.88 Å². The van der Waals surface area contributed by atoms with E-state index in [9.17, 15) is 14.0 Å². The van der Waals surface area contributed by atoms with Crippen LogP contribution in [0.15, 0.2) is 57.9 Å². The zero-order chi connectivity index (χ0) is 17.1. The lowest BCUT2D eigenvalue weighted by Crippen LogP contribution is -1.84. The first-order valence-corrected chi connectivity index (χ1v) is 7.17. The van der Waals surface area contributed by atoms with E-state index in [2.05, 4.69) is 11.1 Å². The van der Waals surface area contributed by atoms with E-state index in [1.54, 1.807) is 31.2 Å². The molecule has 24 heavy (non-hydrogen) atoms. The van der Waals surface area contributed by atoms with E-state index in [1.807, 2.05) is 0 Å². The van der Waals surface area contributed by atoms with Gasteiger partial charge >= 0.3 is 0 Å². The molecule has 5 heteroatoms. The zero-order valence-electron chi connectivity index (χ0n) is 12.8. The van der Waals surface area contributed by atoms with Crippen LogP contribution in [0, 0.1) is 29.9 Å². The SMILES string of the molecule is Cc1oc(N=Cc2ccc(F)cc2)c(-c2ccc(F)cc2)c1C#N. The Morgan fingerprint density at radius 3 is 2.17 bits per heavy atom. The van der Waals surface area contributed by atoms with Gasteiger partial charge in [-0.25, -0.2) is 13.8 Å². The Labute approximate surface area is 137 Å². The second-order valence-corrected chi connectivity index (χ2v) is 5.14. The van der Waals surface area contributed by atoms with Crippen molar-refractivity contribution in [3.05, 3.63) is 77.1 Å². The molecule has 0 saturated heterocycles. The maximum atomic E-state index is 13.1. The van der Waals surface area contributed by atoms with E-state index in [0.717, 1.165) is 0 Å². The minimum atomic E-state index is -0.367. The molecule has 0 amide bonds. The van der Waals surface area contributed by atoms with Crippen LogP contribution in [-0.2, 0) is 0 Å². The molecule has 0 saturated carbocycles. The van der Waals surface area contributed by atoms with Crippen molar-refractivity contribution in [2.45, 2.75) is 6.92 Å². The van der Waals surface area contributed by atoms with Crippen LogP contribution in [-0.4, -0.2) is 6.21 Å². The molecule has 0 radical (unpaired) electrons. The molecule has 0 unspecified atom stereocenters. The molecule has 0 fully saturated rings. The molecule has 1 aromatic heterocycles. The summed E-state index contributed by atoms with van der Waals surface area (Å²) in [5, 5.41) is 9.37. The highest BCUT2D eigenvalue weighted by molar-refractivity contribution is 5.86. The van der Waals surface area contributed by atoms with Gasteiger partial charge in [-0.2, -0.15) is 5.26 Å². The van der Waals surface area contributed by atoms with Gasteiger partial charge in [-0.3, -0.25) is 0 Å². The summed E-state index contributed by atoms with van der Waals surface area (Å²) in [7, 11) is 0. The number of furan rings is 1. The van der Waals surface area contributed by atoms with E-state index in [4.69, 9.17) is 4.42 Å². The van der Waals surface area contributed by atoms with Crippen molar-refractivity contribution < 1.29 is 13.2 Å². The third-order valence-corrected chi connectivity index (χ3v) is 3.51. The van der Waals surface area contributed by atoms with E-state index in [1.165, 1.54) is 30.5 Å². The Morgan fingerprint density at radius 2 is 1.58 bits per heavy atom. The largest absolute Gasteiger partial charge is 0.442 e. The van der Waals surface area contributed by atoms with Crippen LogP contribution >= 0.6 is 0 Å². The van der Waals surface area contributed by atoms with Crippen LogP contribution in [0.3, 0.4) is 0 Å². The maximum Gasteiger partial charge on any atom is 0.228 e. The van der Waals surface area contributed by atoms with Gasteiger partial charge in [-0.1, -0.05) is 24.3 Å². The predicted octanol–water partition coefficient (Wildman–Crippen LogP) is 5.16. The topological polar surface area (TPSA) is 49.3 Å². The fraction of sp³-hybridized carbons (Fsp3) is 0.0526. The lowest BCUT2D eigenvalue weighted by atomic mass is 10.0.